The predicted molar refractivity (Wildman–Crippen MR) is 75.2 cm³/mol. The highest BCUT2D eigenvalue weighted by atomic mass is 35.5. The van der Waals surface area contributed by atoms with Gasteiger partial charge < -0.3 is 20.6 Å². The molecule has 1 unspecified atom stereocenters. The van der Waals surface area contributed by atoms with Crippen LogP contribution >= 0.6 is 11.6 Å². The highest BCUT2D eigenvalue weighted by Gasteiger charge is 2.28. The number of rotatable bonds is 2. The quantitative estimate of drug-likeness (QED) is 0.372. The molecule has 1 heterocycles. The number of halogens is 1. The highest BCUT2D eigenvalue weighted by molar-refractivity contribution is 6.31. The molecule has 7 heteroatoms. The molecule has 1 aromatic carbocycles. The summed E-state index contributed by atoms with van der Waals surface area (Å²) in [7, 11) is 0. The summed E-state index contributed by atoms with van der Waals surface area (Å²) < 4.78 is 5.37. The van der Waals surface area contributed by atoms with E-state index in [1.807, 2.05) is 6.92 Å². The summed E-state index contributed by atoms with van der Waals surface area (Å²) in [6.07, 6.45) is -0.586. The number of carbonyl (C=O) groups is 1. The minimum Gasteiger partial charge on any atom is -0.409 e. The Hall–Kier alpha value is -1.79. The van der Waals surface area contributed by atoms with Crippen LogP contribution in [-0.4, -0.2) is 47.7 Å². The van der Waals surface area contributed by atoms with E-state index >= 15 is 0 Å². The summed E-state index contributed by atoms with van der Waals surface area (Å²) in [6, 6.07) is 5.19. The number of nitrogens with two attached hydrogens (primary N) is 1. The van der Waals surface area contributed by atoms with Crippen molar-refractivity contribution < 1.29 is 14.7 Å². The Morgan fingerprint density at radius 3 is 3.05 bits per heavy atom. The summed E-state index contributed by atoms with van der Waals surface area (Å²) >= 11 is 5.93. The molecule has 1 saturated heterocycles. The van der Waals surface area contributed by atoms with Gasteiger partial charge >= 0.3 is 0 Å². The molecule has 0 radical (unpaired) electrons. The number of carbonyl (C=O) groups excluding carboxylic acids is 1. The van der Waals surface area contributed by atoms with Crippen LogP contribution in [0.1, 0.15) is 15.9 Å². The lowest BCUT2D eigenvalue weighted by molar-refractivity contribution is 0.00672. The Labute approximate surface area is 121 Å². The predicted octanol–water partition coefficient (Wildman–Crippen LogP) is 1.24. The number of aryl methyl sites for hydroxylation is 1. The zero-order valence-corrected chi connectivity index (χ0v) is 11.8. The lowest BCUT2D eigenvalue weighted by Crippen LogP contribution is -2.50. The molecule has 6 nitrogen and oxygen atoms in total. The van der Waals surface area contributed by atoms with E-state index in [9.17, 15) is 4.79 Å². The first-order valence-corrected chi connectivity index (χ1v) is 6.55. The number of amidine groups is 1. The smallest absolute Gasteiger partial charge is 0.254 e. The third kappa shape index (κ3) is 3.02. The molecule has 1 amide bonds. The normalized spacial score (nSPS) is 20.0. The van der Waals surface area contributed by atoms with Crippen LogP contribution in [0, 0.1) is 6.92 Å². The maximum absolute atomic E-state index is 12.5. The molecule has 0 aliphatic carbocycles. The minimum atomic E-state index is -0.586. The fraction of sp³-hybridized carbons (Fsp3) is 0.385. The average molecular weight is 298 g/mol. The molecular weight excluding hydrogens is 282 g/mol. The van der Waals surface area contributed by atoms with Gasteiger partial charge in [0.1, 0.15) is 6.10 Å². The van der Waals surface area contributed by atoms with Gasteiger partial charge in [0, 0.05) is 17.1 Å². The fourth-order valence-corrected chi connectivity index (χ4v) is 2.24. The lowest BCUT2D eigenvalue weighted by atomic mass is 10.1. The summed E-state index contributed by atoms with van der Waals surface area (Å²) in [5, 5.41) is 12.1. The molecule has 1 aliphatic heterocycles. The van der Waals surface area contributed by atoms with Gasteiger partial charge in [-0.25, -0.2) is 0 Å². The Kier molecular flexibility index (Phi) is 4.46. The highest BCUT2D eigenvalue weighted by Crippen LogP contribution is 2.18. The molecule has 1 atom stereocenters. The summed E-state index contributed by atoms with van der Waals surface area (Å²) in [5.41, 5.74) is 6.93. The number of amides is 1. The fourth-order valence-electron chi connectivity index (χ4n) is 2.07. The maximum atomic E-state index is 12.5. The van der Waals surface area contributed by atoms with Gasteiger partial charge in [-0.3, -0.25) is 4.79 Å². The van der Waals surface area contributed by atoms with Gasteiger partial charge in [-0.15, -0.1) is 0 Å². The van der Waals surface area contributed by atoms with Gasteiger partial charge in [0.15, 0.2) is 5.84 Å². The van der Waals surface area contributed by atoms with Gasteiger partial charge in [0.2, 0.25) is 0 Å². The molecule has 1 fully saturated rings. The third-order valence-corrected chi connectivity index (χ3v) is 3.46. The molecule has 108 valence electrons. The molecule has 0 spiro atoms. The van der Waals surface area contributed by atoms with E-state index in [-0.39, 0.29) is 18.3 Å². The first-order chi connectivity index (χ1) is 9.52. The van der Waals surface area contributed by atoms with Gasteiger partial charge in [0.25, 0.3) is 5.91 Å². The second-order valence-electron chi connectivity index (χ2n) is 4.59. The molecule has 2 rings (SSSR count). The van der Waals surface area contributed by atoms with Crippen molar-refractivity contribution in [3.05, 3.63) is 34.3 Å². The molecule has 1 aromatic rings. The van der Waals surface area contributed by atoms with Crippen LogP contribution in [0.2, 0.25) is 5.02 Å². The van der Waals surface area contributed by atoms with E-state index in [1.54, 1.807) is 23.1 Å². The summed E-state index contributed by atoms with van der Waals surface area (Å²) in [6.45, 7) is 2.90. The van der Waals surface area contributed by atoms with E-state index in [2.05, 4.69) is 5.16 Å². The van der Waals surface area contributed by atoms with E-state index in [0.717, 1.165) is 5.56 Å². The van der Waals surface area contributed by atoms with Gasteiger partial charge in [0.05, 0.1) is 13.2 Å². The standard InChI is InChI=1S/C13H16ClN3O3/c1-8-2-3-9(14)6-10(8)13(18)17-4-5-20-11(7-17)12(15)16-19/h2-3,6,11,19H,4-5,7H2,1H3,(H2,15,16). The number of oxime groups is 1. The van der Waals surface area contributed by atoms with Crippen molar-refractivity contribution in [2.45, 2.75) is 13.0 Å². The van der Waals surface area contributed by atoms with E-state index in [1.165, 1.54) is 0 Å². The Morgan fingerprint density at radius 1 is 1.60 bits per heavy atom. The van der Waals surface area contributed by atoms with Crippen LogP contribution in [0.25, 0.3) is 0 Å². The maximum Gasteiger partial charge on any atom is 0.254 e. The Bertz CT molecular complexity index is 548. The van der Waals surface area contributed by atoms with Crippen molar-refractivity contribution in [2.75, 3.05) is 19.7 Å². The molecule has 1 aliphatic rings. The van der Waals surface area contributed by atoms with Crippen LogP contribution < -0.4 is 5.73 Å². The molecule has 0 aromatic heterocycles. The zero-order valence-electron chi connectivity index (χ0n) is 11.0. The van der Waals surface area contributed by atoms with Gasteiger partial charge in [-0.2, -0.15) is 0 Å². The minimum absolute atomic E-state index is 0.0367. The first-order valence-electron chi connectivity index (χ1n) is 6.17. The van der Waals surface area contributed by atoms with E-state index < -0.39 is 6.10 Å². The average Bonchev–Trinajstić information content (AvgIpc) is 2.48. The number of hydrogen-bond acceptors (Lipinski definition) is 4. The Morgan fingerprint density at radius 2 is 2.35 bits per heavy atom. The lowest BCUT2D eigenvalue weighted by Gasteiger charge is -2.32. The molecule has 3 N–H and O–H groups in total. The summed E-state index contributed by atoms with van der Waals surface area (Å²) in [4.78, 5) is 14.1. The number of benzene rings is 1. The number of morpholine rings is 1. The van der Waals surface area contributed by atoms with Crippen LogP contribution in [0.5, 0.6) is 0 Å². The Balaban J connectivity index is 2.18. The number of nitrogens with zero attached hydrogens (tertiary/aromatic N) is 2. The van der Waals surface area contributed by atoms with Crippen LogP contribution in [0.15, 0.2) is 23.4 Å². The van der Waals surface area contributed by atoms with Crippen molar-refractivity contribution >= 4 is 23.3 Å². The topological polar surface area (TPSA) is 88.2 Å². The monoisotopic (exact) mass is 297 g/mol. The molecular formula is C13H16ClN3O3. The van der Waals surface area contributed by atoms with Crippen molar-refractivity contribution in [1.29, 1.82) is 0 Å². The van der Waals surface area contributed by atoms with Crippen LogP contribution in [-0.2, 0) is 4.74 Å². The first kappa shape index (κ1) is 14.6. The van der Waals surface area contributed by atoms with Crippen LogP contribution in [0.3, 0.4) is 0 Å². The second kappa shape index (κ2) is 6.11. The van der Waals surface area contributed by atoms with Crippen molar-refractivity contribution in [1.82, 2.24) is 4.90 Å². The SMILES string of the molecule is Cc1ccc(Cl)cc1C(=O)N1CCOC(/C(N)=N/O)C1. The van der Waals surface area contributed by atoms with E-state index in [4.69, 9.17) is 27.3 Å². The summed E-state index contributed by atoms with van der Waals surface area (Å²) in [5.74, 6) is -0.172. The largest absolute Gasteiger partial charge is 0.409 e. The van der Waals surface area contributed by atoms with Crippen molar-refractivity contribution in [2.24, 2.45) is 10.9 Å². The number of ether oxygens (including phenoxy) is 1. The van der Waals surface area contributed by atoms with Crippen molar-refractivity contribution in [3.8, 4) is 0 Å². The van der Waals surface area contributed by atoms with Gasteiger partial charge in [-0.05, 0) is 24.6 Å². The molecule has 0 saturated carbocycles. The third-order valence-electron chi connectivity index (χ3n) is 3.23. The molecule has 20 heavy (non-hydrogen) atoms. The second-order valence-corrected chi connectivity index (χ2v) is 5.03. The van der Waals surface area contributed by atoms with Crippen molar-refractivity contribution in [3.63, 3.8) is 0 Å². The number of hydrogen-bond donors (Lipinski definition) is 2. The van der Waals surface area contributed by atoms with E-state index in [0.29, 0.717) is 23.7 Å². The molecule has 0 bridgehead atoms. The van der Waals surface area contributed by atoms with Gasteiger partial charge in [-0.1, -0.05) is 22.8 Å². The van der Waals surface area contributed by atoms with Crippen LogP contribution in [0.4, 0.5) is 0 Å². The zero-order chi connectivity index (χ0) is 14.7.